The average molecular weight is 277 g/mol. The van der Waals surface area contributed by atoms with Crippen molar-refractivity contribution in [1.82, 2.24) is 19.5 Å². The number of fused-ring (bicyclic) bond motifs is 1. The Morgan fingerprint density at radius 1 is 1.40 bits per heavy atom. The van der Waals surface area contributed by atoms with Gasteiger partial charge in [0.2, 0.25) is 0 Å². The van der Waals surface area contributed by atoms with Crippen molar-refractivity contribution >= 4 is 23.0 Å². The smallest absolute Gasteiger partial charge is 0.323 e. The second-order valence-corrected chi connectivity index (χ2v) is 4.63. The molecule has 8 heteroatoms. The van der Waals surface area contributed by atoms with Crippen LogP contribution in [0.25, 0.3) is 11.2 Å². The van der Waals surface area contributed by atoms with Crippen LogP contribution >= 0.6 is 0 Å². The molecule has 0 radical (unpaired) electrons. The van der Waals surface area contributed by atoms with Crippen molar-refractivity contribution in [2.45, 2.75) is 13.5 Å². The molecule has 0 saturated carbocycles. The van der Waals surface area contributed by atoms with Gasteiger partial charge in [0.15, 0.2) is 17.0 Å². The van der Waals surface area contributed by atoms with E-state index in [1.807, 2.05) is 0 Å². The molecule has 0 amide bonds. The molecule has 1 N–H and O–H groups in total. The van der Waals surface area contributed by atoms with Gasteiger partial charge in [0.1, 0.15) is 12.4 Å². The first-order chi connectivity index (χ1) is 9.65. The van der Waals surface area contributed by atoms with Crippen LogP contribution in [0.4, 0.5) is 5.82 Å². The summed E-state index contributed by atoms with van der Waals surface area (Å²) in [5.74, 6) is 0.430. The number of carbonyl (C=O) groups is 1. The van der Waals surface area contributed by atoms with Crippen molar-refractivity contribution in [2.24, 2.45) is 0 Å². The molecule has 8 nitrogen and oxygen atoms in total. The molecular weight excluding hydrogens is 262 g/mol. The van der Waals surface area contributed by atoms with Crippen molar-refractivity contribution in [2.75, 3.05) is 31.2 Å². The lowest BCUT2D eigenvalue weighted by Crippen LogP contribution is -2.37. The number of ether oxygens (including phenoxy) is 1. The number of aryl methyl sites for hydroxylation is 1. The fourth-order valence-electron chi connectivity index (χ4n) is 2.29. The lowest BCUT2D eigenvalue weighted by Gasteiger charge is -2.27. The highest BCUT2D eigenvalue weighted by Gasteiger charge is 2.20. The van der Waals surface area contributed by atoms with Crippen molar-refractivity contribution in [3.8, 4) is 0 Å². The van der Waals surface area contributed by atoms with Gasteiger partial charge >= 0.3 is 5.97 Å². The standard InChI is InChI=1S/C12H15N5O3/c1-8-14-11(16-2-4-20-5-3-16)10-12(15-8)17(7-13-10)6-9(18)19/h7H,2-6H2,1H3,(H,18,19). The molecule has 2 aromatic heterocycles. The van der Waals surface area contributed by atoms with Crippen molar-refractivity contribution in [3.05, 3.63) is 12.2 Å². The molecule has 3 rings (SSSR count). The van der Waals surface area contributed by atoms with Gasteiger partial charge < -0.3 is 19.3 Å². The van der Waals surface area contributed by atoms with Gasteiger partial charge in [-0.1, -0.05) is 0 Å². The highest BCUT2D eigenvalue weighted by molar-refractivity contribution is 5.84. The van der Waals surface area contributed by atoms with Gasteiger partial charge in [-0.25, -0.2) is 15.0 Å². The second kappa shape index (κ2) is 5.04. The normalized spacial score (nSPS) is 15.8. The second-order valence-electron chi connectivity index (χ2n) is 4.63. The lowest BCUT2D eigenvalue weighted by molar-refractivity contribution is -0.137. The number of nitrogens with zero attached hydrogens (tertiary/aromatic N) is 5. The average Bonchev–Trinajstić information content (AvgIpc) is 2.81. The predicted octanol–water partition coefficient (Wildman–Crippen LogP) is 0.0559. The van der Waals surface area contributed by atoms with E-state index in [2.05, 4.69) is 19.9 Å². The number of aliphatic carboxylic acids is 1. The molecule has 1 fully saturated rings. The molecule has 0 aliphatic carbocycles. The Morgan fingerprint density at radius 2 is 2.15 bits per heavy atom. The van der Waals surface area contributed by atoms with Crippen LogP contribution in [-0.2, 0) is 16.1 Å². The van der Waals surface area contributed by atoms with Crippen LogP contribution in [0.5, 0.6) is 0 Å². The Bertz CT molecular complexity index is 648. The van der Waals surface area contributed by atoms with E-state index in [1.54, 1.807) is 6.92 Å². The third-order valence-corrected chi connectivity index (χ3v) is 3.17. The van der Waals surface area contributed by atoms with E-state index < -0.39 is 5.97 Å². The molecule has 20 heavy (non-hydrogen) atoms. The van der Waals surface area contributed by atoms with Crippen LogP contribution in [-0.4, -0.2) is 56.9 Å². The topological polar surface area (TPSA) is 93.4 Å². The number of aromatic nitrogens is 4. The lowest BCUT2D eigenvalue weighted by atomic mass is 10.3. The molecule has 0 spiro atoms. The molecule has 1 aliphatic rings. The first-order valence-electron chi connectivity index (χ1n) is 6.39. The number of carboxylic acids is 1. The summed E-state index contributed by atoms with van der Waals surface area (Å²) >= 11 is 0. The summed E-state index contributed by atoms with van der Waals surface area (Å²) in [7, 11) is 0. The number of imidazole rings is 1. The summed E-state index contributed by atoms with van der Waals surface area (Å²) < 4.78 is 6.86. The van der Waals surface area contributed by atoms with E-state index in [-0.39, 0.29) is 6.54 Å². The molecule has 0 bridgehead atoms. The van der Waals surface area contributed by atoms with Crippen LogP contribution in [0.3, 0.4) is 0 Å². The van der Waals surface area contributed by atoms with Crippen molar-refractivity contribution < 1.29 is 14.6 Å². The maximum absolute atomic E-state index is 10.9. The quantitative estimate of drug-likeness (QED) is 0.847. The van der Waals surface area contributed by atoms with Crippen LogP contribution in [0, 0.1) is 6.92 Å². The SMILES string of the molecule is Cc1nc(N2CCOCC2)c2ncn(CC(=O)O)c2n1. The summed E-state index contributed by atoms with van der Waals surface area (Å²) in [5, 5.41) is 8.91. The fraction of sp³-hybridized carbons (Fsp3) is 0.500. The first-order valence-corrected chi connectivity index (χ1v) is 6.39. The Kier molecular flexibility index (Phi) is 3.23. The minimum absolute atomic E-state index is 0.157. The largest absolute Gasteiger partial charge is 0.480 e. The maximum Gasteiger partial charge on any atom is 0.323 e. The monoisotopic (exact) mass is 277 g/mol. The predicted molar refractivity (Wildman–Crippen MR) is 70.7 cm³/mol. The zero-order valence-corrected chi connectivity index (χ0v) is 11.1. The van der Waals surface area contributed by atoms with Crippen LogP contribution < -0.4 is 4.90 Å². The molecule has 0 atom stereocenters. The molecule has 0 unspecified atom stereocenters. The molecule has 1 aliphatic heterocycles. The molecular formula is C12H15N5O3. The zero-order valence-electron chi connectivity index (χ0n) is 11.1. The fourth-order valence-corrected chi connectivity index (χ4v) is 2.29. The number of morpholine rings is 1. The van der Waals surface area contributed by atoms with Crippen LogP contribution in [0.1, 0.15) is 5.82 Å². The summed E-state index contributed by atoms with van der Waals surface area (Å²) in [5.41, 5.74) is 1.19. The van der Waals surface area contributed by atoms with E-state index in [1.165, 1.54) is 10.9 Å². The number of carboxylic acid groups (broad SMARTS) is 1. The zero-order chi connectivity index (χ0) is 14.1. The molecule has 106 valence electrons. The summed E-state index contributed by atoms with van der Waals surface area (Å²) in [6.45, 7) is 4.44. The molecule has 0 aromatic carbocycles. The van der Waals surface area contributed by atoms with Gasteiger partial charge in [-0.2, -0.15) is 0 Å². The Labute approximate surface area is 115 Å². The molecule has 2 aromatic rings. The van der Waals surface area contributed by atoms with Gasteiger partial charge in [0.25, 0.3) is 0 Å². The van der Waals surface area contributed by atoms with E-state index in [4.69, 9.17) is 9.84 Å². The van der Waals surface area contributed by atoms with E-state index in [9.17, 15) is 4.79 Å². The number of anilines is 1. The van der Waals surface area contributed by atoms with Gasteiger partial charge in [0.05, 0.1) is 19.5 Å². The Balaban J connectivity index is 2.07. The first kappa shape index (κ1) is 12.8. The summed E-state index contributed by atoms with van der Waals surface area (Å²) in [4.78, 5) is 26.0. The molecule has 1 saturated heterocycles. The van der Waals surface area contributed by atoms with Crippen molar-refractivity contribution in [1.29, 1.82) is 0 Å². The van der Waals surface area contributed by atoms with E-state index in [0.29, 0.717) is 30.2 Å². The van der Waals surface area contributed by atoms with Gasteiger partial charge in [-0.15, -0.1) is 0 Å². The third kappa shape index (κ3) is 2.29. The Morgan fingerprint density at radius 3 is 2.85 bits per heavy atom. The van der Waals surface area contributed by atoms with E-state index >= 15 is 0 Å². The van der Waals surface area contributed by atoms with Gasteiger partial charge in [-0.05, 0) is 6.92 Å². The molecule has 3 heterocycles. The van der Waals surface area contributed by atoms with Crippen LogP contribution in [0.2, 0.25) is 0 Å². The minimum Gasteiger partial charge on any atom is -0.480 e. The summed E-state index contributed by atoms with van der Waals surface area (Å²) in [6, 6.07) is 0. The highest BCUT2D eigenvalue weighted by Crippen LogP contribution is 2.23. The van der Waals surface area contributed by atoms with Crippen molar-refractivity contribution in [3.63, 3.8) is 0 Å². The number of hydrogen-bond acceptors (Lipinski definition) is 6. The maximum atomic E-state index is 10.9. The third-order valence-electron chi connectivity index (χ3n) is 3.17. The minimum atomic E-state index is -0.923. The summed E-state index contributed by atoms with van der Waals surface area (Å²) in [6.07, 6.45) is 1.50. The Hall–Kier alpha value is -2.22. The van der Waals surface area contributed by atoms with Crippen LogP contribution in [0.15, 0.2) is 6.33 Å². The number of hydrogen-bond donors (Lipinski definition) is 1. The highest BCUT2D eigenvalue weighted by atomic mass is 16.5. The van der Waals surface area contributed by atoms with E-state index in [0.717, 1.165) is 18.9 Å². The number of rotatable bonds is 3. The van der Waals surface area contributed by atoms with Gasteiger partial charge in [0, 0.05) is 13.1 Å². The van der Waals surface area contributed by atoms with Gasteiger partial charge in [-0.3, -0.25) is 4.79 Å².